The predicted molar refractivity (Wildman–Crippen MR) is 69.8 cm³/mol. The molecule has 0 radical (unpaired) electrons. The van der Waals surface area contributed by atoms with Crippen LogP contribution in [0.5, 0.6) is 0 Å². The highest BCUT2D eigenvalue weighted by Gasteiger charge is 2.20. The number of aromatic nitrogens is 1. The third-order valence-corrected chi connectivity index (χ3v) is 3.73. The van der Waals surface area contributed by atoms with E-state index in [9.17, 15) is 0 Å². The molecule has 1 heterocycles. The van der Waals surface area contributed by atoms with Gasteiger partial charge in [-0.05, 0) is 30.9 Å². The highest BCUT2D eigenvalue weighted by atomic mass is 32.2. The van der Waals surface area contributed by atoms with Crippen molar-refractivity contribution < 1.29 is 0 Å². The van der Waals surface area contributed by atoms with Crippen molar-refractivity contribution in [3.63, 3.8) is 0 Å². The first kappa shape index (κ1) is 11.9. The van der Waals surface area contributed by atoms with E-state index in [4.69, 9.17) is 0 Å². The smallest absolute Gasteiger partial charge is 0.0991 e. The quantitative estimate of drug-likeness (QED) is 0.795. The average molecular weight is 236 g/mol. The number of rotatable bonds is 5. The van der Waals surface area contributed by atoms with E-state index in [0.29, 0.717) is 5.25 Å². The molecule has 2 rings (SSSR count). The molecule has 0 spiro atoms. The van der Waals surface area contributed by atoms with Gasteiger partial charge >= 0.3 is 0 Å². The van der Waals surface area contributed by atoms with E-state index in [0.717, 1.165) is 12.6 Å². The van der Waals surface area contributed by atoms with Gasteiger partial charge in [-0.1, -0.05) is 19.9 Å². The summed E-state index contributed by atoms with van der Waals surface area (Å²) < 4.78 is 0. The molecule has 1 aliphatic rings. The molecular weight excluding hydrogens is 216 g/mol. The van der Waals surface area contributed by atoms with Gasteiger partial charge in [0.05, 0.1) is 5.03 Å². The molecule has 1 aliphatic carbocycles. The van der Waals surface area contributed by atoms with E-state index >= 15 is 0 Å². The molecular formula is C13H20N2S. The molecule has 2 nitrogen and oxygen atoms in total. The lowest BCUT2D eigenvalue weighted by Crippen LogP contribution is -2.15. The Labute approximate surface area is 102 Å². The van der Waals surface area contributed by atoms with Gasteiger partial charge in [0.1, 0.15) is 0 Å². The van der Waals surface area contributed by atoms with E-state index < -0.39 is 0 Å². The minimum absolute atomic E-state index is 0.599. The van der Waals surface area contributed by atoms with Crippen molar-refractivity contribution in [2.45, 2.75) is 56.5 Å². The Hall–Kier alpha value is -0.540. The van der Waals surface area contributed by atoms with Crippen molar-refractivity contribution in [1.82, 2.24) is 10.3 Å². The lowest BCUT2D eigenvalue weighted by atomic mass is 10.2. The first-order chi connectivity index (χ1) is 7.65. The van der Waals surface area contributed by atoms with Crippen LogP contribution in [-0.4, -0.2) is 16.3 Å². The fourth-order valence-electron chi connectivity index (χ4n) is 1.61. The second kappa shape index (κ2) is 5.19. The van der Waals surface area contributed by atoms with Crippen LogP contribution in [0.25, 0.3) is 0 Å². The SMILES string of the molecule is Cc1cc(CNC2CC2)cnc1SC(C)C. The fraction of sp³-hybridized carbons (Fsp3) is 0.615. The molecule has 1 aromatic heterocycles. The first-order valence-corrected chi connectivity index (χ1v) is 6.88. The van der Waals surface area contributed by atoms with Crippen LogP contribution in [0.15, 0.2) is 17.3 Å². The van der Waals surface area contributed by atoms with Crippen LogP contribution in [0.3, 0.4) is 0 Å². The Balaban J connectivity index is 1.97. The summed E-state index contributed by atoms with van der Waals surface area (Å²) in [6.45, 7) is 7.52. The third kappa shape index (κ3) is 3.49. The number of aryl methyl sites for hydroxylation is 1. The third-order valence-electron chi connectivity index (χ3n) is 2.61. The summed E-state index contributed by atoms with van der Waals surface area (Å²) in [5, 5.41) is 5.28. The number of hydrogen-bond acceptors (Lipinski definition) is 3. The lowest BCUT2D eigenvalue weighted by Gasteiger charge is -2.09. The fourth-order valence-corrected chi connectivity index (χ4v) is 2.42. The zero-order chi connectivity index (χ0) is 11.5. The van der Waals surface area contributed by atoms with Crippen molar-refractivity contribution in [3.8, 4) is 0 Å². The van der Waals surface area contributed by atoms with Gasteiger partial charge in [-0.25, -0.2) is 4.98 Å². The summed E-state index contributed by atoms with van der Waals surface area (Å²) in [5.41, 5.74) is 2.60. The molecule has 16 heavy (non-hydrogen) atoms. The van der Waals surface area contributed by atoms with Gasteiger partial charge < -0.3 is 5.32 Å². The lowest BCUT2D eigenvalue weighted by molar-refractivity contribution is 0.684. The predicted octanol–water partition coefficient (Wildman–Crippen LogP) is 3.14. The Morgan fingerprint density at radius 3 is 2.81 bits per heavy atom. The van der Waals surface area contributed by atoms with Crippen LogP contribution >= 0.6 is 11.8 Å². The van der Waals surface area contributed by atoms with Crippen molar-refractivity contribution >= 4 is 11.8 Å². The number of hydrogen-bond donors (Lipinski definition) is 1. The van der Waals surface area contributed by atoms with Gasteiger partial charge in [0.25, 0.3) is 0 Å². The molecule has 1 fully saturated rings. The molecule has 88 valence electrons. The van der Waals surface area contributed by atoms with Gasteiger partial charge in [-0.2, -0.15) is 0 Å². The van der Waals surface area contributed by atoms with Gasteiger partial charge in [0.15, 0.2) is 0 Å². The zero-order valence-corrected chi connectivity index (χ0v) is 11.1. The monoisotopic (exact) mass is 236 g/mol. The van der Waals surface area contributed by atoms with E-state index in [1.807, 2.05) is 18.0 Å². The maximum absolute atomic E-state index is 4.54. The summed E-state index contributed by atoms with van der Waals surface area (Å²) in [4.78, 5) is 4.54. The molecule has 1 aromatic rings. The van der Waals surface area contributed by atoms with E-state index in [1.165, 1.54) is 29.0 Å². The average Bonchev–Trinajstić information content (AvgIpc) is 3.02. The summed E-state index contributed by atoms with van der Waals surface area (Å²) in [7, 11) is 0. The number of pyridine rings is 1. The van der Waals surface area contributed by atoms with Gasteiger partial charge in [0, 0.05) is 24.0 Å². The second-order valence-electron chi connectivity index (χ2n) is 4.79. The van der Waals surface area contributed by atoms with E-state index in [-0.39, 0.29) is 0 Å². The minimum atomic E-state index is 0.599. The Kier molecular flexibility index (Phi) is 3.87. The number of nitrogens with zero attached hydrogens (tertiary/aromatic N) is 1. The summed E-state index contributed by atoms with van der Waals surface area (Å²) in [6, 6.07) is 3.03. The highest BCUT2D eigenvalue weighted by Crippen LogP contribution is 2.25. The Morgan fingerprint density at radius 2 is 2.25 bits per heavy atom. The van der Waals surface area contributed by atoms with Crippen molar-refractivity contribution in [2.24, 2.45) is 0 Å². The largest absolute Gasteiger partial charge is 0.310 e. The van der Waals surface area contributed by atoms with E-state index in [2.05, 4.69) is 37.1 Å². The highest BCUT2D eigenvalue weighted by molar-refractivity contribution is 7.99. The first-order valence-electron chi connectivity index (χ1n) is 6.00. The van der Waals surface area contributed by atoms with Crippen LogP contribution in [0.1, 0.15) is 37.8 Å². The molecule has 0 amide bonds. The molecule has 0 unspecified atom stereocenters. The zero-order valence-electron chi connectivity index (χ0n) is 10.3. The van der Waals surface area contributed by atoms with Gasteiger partial charge in [0.2, 0.25) is 0 Å². The molecule has 0 atom stereocenters. The van der Waals surface area contributed by atoms with Gasteiger partial charge in [-0.15, -0.1) is 11.8 Å². The second-order valence-corrected chi connectivity index (χ2v) is 6.35. The normalized spacial score (nSPS) is 15.8. The summed E-state index contributed by atoms with van der Waals surface area (Å²) in [6.07, 6.45) is 4.69. The summed E-state index contributed by atoms with van der Waals surface area (Å²) in [5.74, 6) is 0. The van der Waals surface area contributed by atoms with Crippen molar-refractivity contribution in [2.75, 3.05) is 0 Å². The van der Waals surface area contributed by atoms with Crippen LogP contribution in [0.4, 0.5) is 0 Å². The van der Waals surface area contributed by atoms with Crippen LogP contribution in [0.2, 0.25) is 0 Å². The Morgan fingerprint density at radius 1 is 1.50 bits per heavy atom. The van der Waals surface area contributed by atoms with Crippen LogP contribution in [0, 0.1) is 6.92 Å². The van der Waals surface area contributed by atoms with Crippen LogP contribution < -0.4 is 5.32 Å². The standard InChI is InChI=1S/C13H20N2S/c1-9(2)16-13-10(3)6-11(8-15-13)7-14-12-4-5-12/h6,8-9,12,14H,4-5,7H2,1-3H3. The van der Waals surface area contributed by atoms with Crippen molar-refractivity contribution in [3.05, 3.63) is 23.4 Å². The maximum atomic E-state index is 4.54. The van der Waals surface area contributed by atoms with E-state index in [1.54, 1.807) is 0 Å². The maximum Gasteiger partial charge on any atom is 0.0991 e. The molecule has 1 N–H and O–H groups in total. The molecule has 1 saturated carbocycles. The minimum Gasteiger partial charge on any atom is -0.310 e. The van der Waals surface area contributed by atoms with Crippen molar-refractivity contribution in [1.29, 1.82) is 0 Å². The Bertz CT molecular complexity index is 359. The molecule has 3 heteroatoms. The number of thioether (sulfide) groups is 1. The molecule has 0 saturated heterocycles. The molecule has 0 aromatic carbocycles. The molecule has 0 aliphatic heterocycles. The summed E-state index contributed by atoms with van der Waals surface area (Å²) >= 11 is 1.84. The number of nitrogens with one attached hydrogen (secondary N) is 1. The van der Waals surface area contributed by atoms with Gasteiger partial charge in [-0.3, -0.25) is 0 Å². The molecule has 0 bridgehead atoms. The van der Waals surface area contributed by atoms with Crippen LogP contribution in [-0.2, 0) is 6.54 Å². The topological polar surface area (TPSA) is 24.9 Å².